The monoisotopic (exact) mass is 277 g/mol. The van der Waals surface area contributed by atoms with Crippen LogP contribution in [0.15, 0.2) is 4.79 Å². The highest BCUT2D eigenvalue weighted by molar-refractivity contribution is 5.90. The molecule has 1 aliphatic rings. The number of rotatable bonds is 1. The van der Waals surface area contributed by atoms with E-state index < -0.39 is 0 Å². The van der Waals surface area contributed by atoms with E-state index in [4.69, 9.17) is 4.74 Å². The van der Waals surface area contributed by atoms with Gasteiger partial charge in [-0.2, -0.15) is 9.50 Å². The highest BCUT2D eigenvalue weighted by atomic mass is 16.5. The van der Waals surface area contributed by atoms with Gasteiger partial charge in [-0.25, -0.2) is 4.98 Å². The highest BCUT2D eigenvalue weighted by Crippen LogP contribution is 2.05. The number of hydrogen-bond donors (Lipinski definition) is 1. The molecule has 20 heavy (non-hydrogen) atoms. The summed E-state index contributed by atoms with van der Waals surface area (Å²) in [6.07, 6.45) is 0. The molecule has 106 valence electrons. The van der Waals surface area contributed by atoms with E-state index in [0.29, 0.717) is 37.6 Å². The van der Waals surface area contributed by atoms with Crippen LogP contribution in [-0.4, -0.2) is 56.7 Å². The molecular weight excluding hydrogens is 262 g/mol. The quantitative estimate of drug-likeness (QED) is 0.759. The van der Waals surface area contributed by atoms with Gasteiger partial charge in [0.2, 0.25) is 5.82 Å². The Morgan fingerprint density at radius 1 is 1.25 bits per heavy atom. The van der Waals surface area contributed by atoms with Crippen LogP contribution in [0, 0.1) is 13.8 Å². The predicted octanol–water partition coefficient (Wildman–Crippen LogP) is -0.493. The second kappa shape index (κ2) is 4.71. The second-order valence-electron chi connectivity index (χ2n) is 4.74. The molecule has 3 heterocycles. The van der Waals surface area contributed by atoms with E-state index in [-0.39, 0.29) is 23.1 Å². The molecule has 8 heteroatoms. The lowest BCUT2D eigenvalue weighted by Gasteiger charge is -2.25. The molecule has 1 fully saturated rings. The lowest BCUT2D eigenvalue weighted by molar-refractivity contribution is 0.0295. The summed E-state index contributed by atoms with van der Waals surface area (Å²) in [7, 11) is 0. The summed E-state index contributed by atoms with van der Waals surface area (Å²) in [5, 5.41) is 2.73. The molecule has 1 N–H and O–H groups in total. The van der Waals surface area contributed by atoms with Crippen molar-refractivity contribution in [3.05, 3.63) is 27.4 Å². The Hall–Kier alpha value is -2.22. The molecule has 2 aromatic heterocycles. The lowest BCUT2D eigenvalue weighted by Crippen LogP contribution is -2.41. The van der Waals surface area contributed by atoms with E-state index in [0.717, 1.165) is 0 Å². The minimum atomic E-state index is -0.242. The van der Waals surface area contributed by atoms with E-state index in [9.17, 15) is 9.59 Å². The van der Waals surface area contributed by atoms with Crippen molar-refractivity contribution >= 4 is 11.7 Å². The number of ether oxygens (including phenoxy) is 1. The van der Waals surface area contributed by atoms with Crippen LogP contribution in [0.3, 0.4) is 0 Å². The summed E-state index contributed by atoms with van der Waals surface area (Å²) in [6, 6.07) is 0. The minimum absolute atomic E-state index is 0.126. The molecule has 2 aromatic rings. The minimum Gasteiger partial charge on any atom is -0.378 e. The van der Waals surface area contributed by atoms with Crippen LogP contribution < -0.4 is 5.56 Å². The number of H-pyrrole nitrogens is 1. The van der Waals surface area contributed by atoms with Crippen LogP contribution in [0.4, 0.5) is 0 Å². The van der Waals surface area contributed by atoms with E-state index in [2.05, 4.69) is 15.1 Å². The van der Waals surface area contributed by atoms with Gasteiger partial charge in [0.05, 0.1) is 13.2 Å². The predicted molar refractivity (Wildman–Crippen MR) is 69.8 cm³/mol. The van der Waals surface area contributed by atoms with Crippen molar-refractivity contribution in [3.63, 3.8) is 0 Å². The van der Waals surface area contributed by atoms with Crippen molar-refractivity contribution in [1.82, 2.24) is 24.5 Å². The number of morpholine rings is 1. The fraction of sp³-hybridized carbons (Fsp3) is 0.500. The molecule has 3 rings (SSSR count). The lowest BCUT2D eigenvalue weighted by atomic mass is 10.3. The fourth-order valence-electron chi connectivity index (χ4n) is 2.12. The topological polar surface area (TPSA) is 92.6 Å². The zero-order chi connectivity index (χ0) is 14.3. The Kier molecular flexibility index (Phi) is 3.01. The number of aromatic amines is 1. The number of nitrogens with zero attached hydrogens (tertiary/aromatic N) is 4. The van der Waals surface area contributed by atoms with Crippen LogP contribution >= 0.6 is 0 Å². The molecule has 0 atom stereocenters. The van der Waals surface area contributed by atoms with Crippen molar-refractivity contribution < 1.29 is 9.53 Å². The van der Waals surface area contributed by atoms with Gasteiger partial charge < -0.3 is 9.64 Å². The molecule has 1 aliphatic heterocycles. The first-order chi connectivity index (χ1) is 9.58. The van der Waals surface area contributed by atoms with Gasteiger partial charge in [0.15, 0.2) is 0 Å². The van der Waals surface area contributed by atoms with Gasteiger partial charge in [-0.15, -0.1) is 0 Å². The normalized spacial score (nSPS) is 15.8. The van der Waals surface area contributed by atoms with Crippen LogP contribution in [0.5, 0.6) is 0 Å². The zero-order valence-electron chi connectivity index (χ0n) is 11.3. The molecule has 1 saturated heterocycles. The van der Waals surface area contributed by atoms with Gasteiger partial charge in [0, 0.05) is 24.3 Å². The van der Waals surface area contributed by atoms with E-state index in [1.54, 1.807) is 18.7 Å². The maximum absolute atomic E-state index is 12.3. The number of amides is 1. The third kappa shape index (κ3) is 1.97. The number of nitrogens with one attached hydrogen (secondary N) is 1. The highest BCUT2D eigenvalue weighted by Gasteiger charge is 2.22. The first kappa shape index (κ1) is 12.8. The Bertz CT molecular complexity index is 727. The average Bonchev–Trinajstić information content (AvgIpc) is 2.89. The Morgan fingerprint density at radius 2 is 1.95 bits per heavy atom. The fourth-order valence-corrected chi connectivity index (χ4v) is 2.12. The number of carbonyl (C=O) groups excluding carboxylic acids is 1. The summed E-state index contributed by atoms with van der Waals surface area (Å²) >= 11 is 0. The van der Waals surface area contributed by atoms with Crippen molar-refractivity contribution in [3.8, 4) is 0 Å². The van der Waals surface area contributed by atoms with Crippen molar-refractivity contribution in [2.45, 2.75) is 13.8 Å². The van der Waals surface area contributed by atoms with Crippen LogP contribution in [0.25, 0.3) is 5.78 Å². The van der Waals surface area contributed by atoms with Gasteiger partial charge >= 0.3 is 0 Å². The van der Waals surface area contributed by atoms with E-state index >= 15 is 0 Å². The number of fused-ring (bicyclic) bond motifs is 1. The number of carbonyl (C=O) groups is 1. The Balaban J connectivity index is 2.02. The van der Waals surface area contributed by atoms with Gasteiger partial charge in [0.1, 0.15) is 0 Å². The smallest absolute Gasteiger partial charge is 0.291 e. The van der Waals surface area contributed by atoms with Crippen LogP contribution in [-0.2, 0) is 4.74 Å². The SMILES string of the molecule is Cc1nc2nc(C(=O)N3CCOCC3)[nH]n2c(=O)c1C. The van der Waals surface area contributed by atoms with E-state index in [1.165, 1.54) is 4.52 Å². The van der Waals surface area contributed by atoms with Crippen molar-refractivity contribution in [1.29, 1.82) is 0 Å². The standard InChI is InChI=1S/C12H15N5O3/c1-7-8(2)13-12-14-9(15-17(12)10(7)18)11(19)16-3-5-20-6-4-16/h3-6H2,1-2H3,(H,13,14,15). The number of aromatic nitrogens is 4. The molecule has 0 bridgehead atoms. The zero-order valence-corrected chi connectivity index (χ0v) is 11.3. The Labute approximate surface area is 114 Å². The number of aryl methyl sites for hydroxylation is 1. The first-order valence-electron chi connectivity index (χ1n) is 6.41. The van der Waals surface area contributed by atoms with Gasteiger partial charge in [-0.1, -0.05) is 0 Å². The third-order valence-corrected chi connectivity index (χ3v) is 3.46. The van der Waals surface area contributed by atoms with Crippen LogP contribution in [0.2, 0.25) is 0 Å². The Morgan fingerprint density at radius 3 is 2.65 bits per heavy atom. The van der Waals surface area contributed by atoms with Crippen LogP contribution in [0.1, 0.15) is 21.9 Å². The molecule has 0 aromatic carbocycles. The van der Waals surface area contributed by atoms with Gasteiger partial charge in [0.25, 0.3) is 17.2 Å². The average molecular weight is 277 g/mol. The molecule has 0 radical (unpaired) electrons. The number of hydrogen-bond acceptors (Lipinski definition) is 5. The molecule has 1 amide bonds. The van der Waals surface area contributed by atoms with Gasteiger partial charge in [-0.05, 0) is 13.8 Å². The maximum Gasteiger partial charge on any atom is 0.291 e. The molecule has 0 saturated carbocycles. The van der Waals surface area contributed by atoms with Gasteiger partial charge in [-0.3, -0.25) is 14.7 Å². The summed E-state index contributed by atoms with van der Waals surface area (Å²) in [6.45, 7) is 5.52. The molecular formula is C12H15N5O3. The second-order valence-corrected chi connectivity index (χ2v) is 4.74. The summed E-state index contributed by atoms with van der Waals surface area (Å²) in [5.74, 6) is 0.102. The summed E-state index contributed by atoms with van der Waals surface area (Å²) < 4.78 is 6.41. The third-order valence-electron chi connectivity index (χ3n) is 3.46. The summed E-state index contributed by atoms with van der Waals surface area (Å²) in [5.41, 5.74) is 0.921. The maximum atomic E-state index is 12.3. The molecule has 0 aliphatic carbocycles. The molecule has 8 nitrogen and oxygen atoms in total. The molecule has 0 unspecified atom stereocenters. The van der Waals surface area contributed by atoms with Crippen molar-refractivity contribution in [2.75, 3.05) is 26.3 Å². The summed E-state index contributed by atoms with van der Waals surface area (Å²) in [4.78, 5) is 34.3. The van der Waals surface area contributed by atoms with Crippen molar-refractivity contribution in [2.24, 2.45) is 0 Å². The van der Waals surface area contributed by atoms with E-state index in [1.807, 2.05) is 0 Å². The largest absolute Gasteiger partial charge is 0.378 e. The molecule has 0 spiro atoms. The first-order valence-corrected chi connectivity index (χ1v) is 6.41.